The van der Waals surface area contributed by atoms with Crippen LogP contribution in [0.3, 0.4) is 0 Å². The van der Waals surface area contributed by atoms with Crippen LogP contribution < -0.4 is 10.1 Å². The number of halogens is 1. The molecule has 0 aliphatic rings. The van der Waals surface area contributed by atoms with Gasteiger partial charge in [0.1, 0.15) is 5.75 Å². The Bertz CT molecular complexity index is 320. The third-order valence-electron chi connectivity index (χ3n) is 2.08. The fraction of sp³-hybridized carbons (Fsp3) is 0.500. The molecule has 0 atom stereocenters. The normalized spacial score (nSPS) is 10.4. The van der Waals surface area contributed by atoms with Gasteiger partial charge < -0.3 is 10.1 Å². The molecule has 0 saturated carbocycles. The topological polar surface area (TPSA) is 21.3 Å². The van der Waals surface area contributed by atoms with E-state index in [0.717, 1.165) is 41.0 Å². The molecule has 0 fully saturated rings. The highest BCUT2D eigenvalue weighted by atomic mass is 35.5. The van der Waals surface area contributed by atoms with Crippen molar-refractivity contribution in [2.45, 2.75) is 13.5 Å². The van der Waals surface area contributed by atoms with Crippen LogP contribution in [0.25, 0.3) is 0 Å². The van der Waals surface area contributed by atoms with Gasteiger partial charge in [0.25, 0.3) is 0 Å². The minimum atomic E-state index is 0.747. The van der Waals surface area contributed by atoms with Gasteiger partial charge in [-0.25, -0.2) is 0 Å². The summed E-state index contributed by atoms with van der Waals surface area (Å²) in [6, 6.07) is 5.75. The number of benzene rings is 1. The van der Waals surface area contributed by atoms with Crippen LogP contribution >= 0.6 is 23.4 Å². The SMILES string of the molecule is CCSCCOc1ccc(Cl)cc1CNC. The lowest BCUT2D eigenvalue weighted by atomic mass is 10.2. The maximum Gasteiger partial charge on any atom is 0.123 e. The number of hydrogen-bond donors (Lipinski definition) is 1. The van der Waals surface area contributed by atoms with Crippen molar-refractivity contribution in [1.29, 1.82) is 0 Å². The van der Waals surface area contributed by atoms with Crippen molar-refractivity contribution in [3.8, 4) is 5.75 Å². The molecule has 0 aliphatic heterocycles. The molecule has 0 bridgehead atoms. The molecule has 0 saturated heterocycles. The first-order chi connectivity index (χ1) is 7.77. The zero-order chi connectivity index (χ0) is 11.8. The predicted octanol–water partition coefficient (Wildman–Crippen LogP) is 3.19. The second kappa shape index (κ2) is 7.82. The van der Waals surface area contributed by atoms with Crippen molar-refractivity contribution in [1.82, 2.24) is 5.32 Å². The monoisotopic (exact) mass is 259 g/mol. The molecule has 0 unspecified atom stereocenters. The summed E-state index contributed by atoms with van der Waals surface area (Å²) in [4.78, 5) is 0. The lowest BCUT2D eigenvalue weighted by Gasteiger charge is -2.11. The third-order valence-corrected chi connectivity index (χ3v) is 3.18. The standard InChI is InChI=1S/C12H18ClNOS/c1-3-16-7-6-15-12-5-4-11(13)8-10(12)9-14-2/h4-5,8,14H,3,6-7,9H2,1-2H3. The molecule has 1 rings (SSSR count). The molecule has 2 nitrogen and oxygen atoms in total. The van der Waals surface area contributed by atoms with E-state index in [1.807, 2.05) is 37.0 Å². The van der Waals surface area contributed by atoms with Gasteiger partial charge in [0.15, 0.2) is 0 Å². The highest BCUT2D eigenvalue weighted by molar-refractivity contribution is 7.99. The molecule has 1 aromatic rings. The van der Waals surface area contributed by atoms with Crippen LogP contribution in [0.4, 0.5) is 0 Å². The highest BCUT2D eigenvalue weighted by Crippen LogP contribution is 2.23. The molecule has 0 heterocycles. The molecule has 16 heavy (non-hydrogen) atoms. The first-order valence-electron chi connectivity index (χ1n) is 5.41. The van der Waals surface area contributed by atoms with E-state index in [4.69, 9.17) is 16.3 Å². The average molecular weight is 260 g/mol. The van der Waals surface area contributed by atoms with Gasteiger partial charge in [-0.05, 0) is 31.0 Å². The molecule has 0 amide bonds. The van der Waals surface area contributed by atoms with Crippen LogP contribution in [0.2, 0.25) is 5.02 Å². The molecule has 0 aromatic heterocycles. The molecule has 4 heteroatoms. The highest BCUT2D eigenvalue weighted by Gasteiger charge is 2.03. The second-order valence-electron chi connectivity index (χ2n) is 3.33. The largest absolute Gasteiger partial charge is 0.492 e. The zero-order valence-corrected chi connectivity index (χ0v) is 11.3. The quantitative estimate of drug-likeness (QED) is 0.760. The predicted molar refractivity (Wildman–Crippen MR) is 72.7 cm³/mol. The fourth-order valence-electron chi connectivity index (χ4n) is 1.37. The number of ether oxygens (including phenoxy) is 1. The van der Waals surface area contributed by atoms with Crippen LogP contribution in [-0.2, 0) is 6.54 Å². The summed E-state index contributed by atoms with van der Waals surface area (Å²) >= 11 is 7.83. The molecule has 0 radical (unpaired) electrons. The Morgan fingerprint density at radius 2 is 2.25 bits per heavy atom. The summed E-state index contributed by atoms with van der Waals surface area (Å²) in [7, 11) is 1.91. The van der Waals surface area contributed by atoms with E-state index in [2.05, 4.69) is 12.2 Å². The first kappa shape index (κ1) is 13.7. The Morgan fingerprint density at radius 1 is 1.44 bits per heavy atom. The van der Waals surface area contributed by atoms with Gasteiger partial charge in [0, 0.05) is 22.9 Å². The minimum absolute atomic E-state index is 0.747. The van der Waals surface area contributed by atoms with Gasteiger partial charge in [0.2, 0.25) is 0 Å². The van der Waals surface area contributed by atoms with Gasteiger partial charge in [-0.2, -0.15) is 11.8 Å². The zero-order valence-electron chi connectivity index (χ0n) is 9.75. The van der Waals surface area contributed by atoms with Gasteiger partial charge in [0.05, 0.1) is 6.61 Å². The summed E-state index contributed by atoms with van der Waals surface area (Å²) in [5.41, 5.74) is 1.11. The van der Waals surface area contributed by atoms with Crippen LogP contribution in [0.5, 0.6) is 5.75 Å². The Hall–Kier alpha value is -0.380. The van der Waals surface area contributed by atoms with Crippen LogP contribution in [0.1, 0.15) is 12.5 Å². The van der Waals surface area contributed by atoms with Crippen LogP contribution in [-0.4, -0.2) is 25.2 Å². The van der Waals surface area contributed by atoms with Crippen molar-refractivity contribution in [2.24, 2.45) is 0 Å². The lowest BCUT2D eigenvalue weighted by molar-refractivity contribution is 0.339. The summed E-state index contributed by atoms with van der Waals surface area (Å²) < 4.78 is 5.73. The van der Waals surface area contributed by atoms with Crippen LogP contribution in [0.15, 0.2) is 18.2 Å². The Kier molecular flexibility index (Phi) is 6.69. The first-order valence-corrected chi connectivity index (χ1v) is 6.94. The lowest BCUT2D eigenvalue weighted by Crippen LogP contribution is -2.09. The van der Waals surface area contributed by atoms with E-state index in [-0.39, 0.29) is 0 Å². The van der Waals surface area contributed by atoms with Gasteiger partial charge in [-0.1, -0.05) is 18.5 Å². The molecular formula is C12H18ClNOS. The van der Waals surface area contributed by atoms with E-state index in [9.17, 15) is 0 Å². The van der Waals surface area contributed by atoms with Crippen molar-refractivity contribution < 1.29 is 4.74 Å². The maximum absolute atomic E-state index is 5.95. The molecule has 0 spiro atoms. The van der Waals surface area contributed by atoms with Crippen molar-refractivity contribution in [3.05, 3.63) is 28.8 Å². The van der Waals surface area contributed by atoms with E-state index in [0.29, 0.717) is 0 Å². The summed E-state index contributed by atoms with van der Waals surface area (Å²) in [6.07, 6.45) is 0. The van der Waals surface area contributed by atoms with E-state index in [1.165, 1.54) is 0 Å². The molecule has 1 N–H and O–H groups in total. The van der Waals surface area contributed by atoms with Crippen molar-refractivity contribution in [2.75, 3.05) is 25.2 Å². The fourth-order valence-corrected chi connectivity index (χ4v) is 2.06. The number of nitrogens with one attached hydrogen (secondary N) is 1. The smallest absolute Gasteiger partial charge is 0.123 e. The van der Waals surface area contributed by atoms with E-state index < -0.39 is 0 Å². The molecular weight excluding hydrogens is 242 g/mol. The molecule has 1 aromatic carbocycles. The second-order valence-corrected chi connectivity index (χ2v) is 5.16. The summed E-state index contributed by atoms with van der Waals surface area (Å²) in [5, 5.41) is 3.86. The van der Waals surface area contributed by atoms with Crippen molar-refractivity contribution in [3.63, 3.8) is 0 Å². The Labute approximate surface area is 107 Å². The van der Waals surface area contributed by atoms with E-state index in [1.54, 1.807) is 0 Å². The van der Waals surface area contributed by atoms with E-state index >= 15 is 0 Å². The minimum Gasteiger partial charge on any atom is -0.492 e. The number of rotatable bonds is 7. The van der Waals surface area contributed by atoms with Crippen molar-refractivity contribution >= 4 is 23.4 Å². The summed E-state index contributed by atoms with van der Waals surface area (Å²) in [5.74, 6) is 3.08. The average Bonchev–Trinajstić information content (AvgIpc) is 2.27. The Balaban J connectivity index is 2.56. The van der Waals surface area contributed by atoms with Gasteiger partial charge in [-0.3, -0.25) is 0 Å². The van der Waals surface area contributed by atoms with Gasteiger partial charge in [-0.15, -0.1) is 0 Å². The Morgan fingerprint density at radius 3 is 2.94 bits per heavy atom. The molecule has 0 aliphatic carbocycles. The number of thioether (sulfide) groups is 1. The van der Waals surface area contributed by atoms with Gasteiger partial charge >= 0.3 is 0 Å². The maximum atomic E-state index is 5.95. The third kappa shape index (κ3) is 4.64. The number of hydrogen-bond acceptors (Lipinski definition) is 3. The summed E-state index contributed by atoms with van der Waals surface area (Å²) in [6.45, 7) is 3.67. The molecule has 90 valence electrons. The van der Waals surface area contributed by atoms with Crippen LogP contribution in [0, 0.1) is 0 Å².